The molecule has 0 aliphatic carbocycles. The molecule has 10 heteroatoms. The summed E-state index contributed by atoms with van der Waals surface area (Å²) in [5, 5.41) is 5.68. The van der Waals surface area contributed by atoms with Crippen LogP contribution < -0.4 is 15.4 Å². The van der Waals surface area contributed by atoms with Crippen molar-refractivity contribution in [2.24, 2.45) is 0 Å². The molecule has 1 aliphatic rings. The summed E-state index contributed by atoms with van der Waals surface area (Å²) < 4.78 is 6.91. The average Bonchev–Trinajstić information content (AvgIpc) is 3.07. The SMILES string of the molecule is Cc1cccc(NC(=O)CN2C(=O)N/C(=C/c3cc(Cl)c(OCc4ccc(I)cc4)c(Cl)c3)C2=O)c1. The Bertz CT molecular complexity index is 1350. The van der Waals surface area contributed by atoms with Crippen molar-refractivity contribution in [1.29, 1.82) is 0 Å². The molecule has 0 unspecified atom stereocenters. The van der Waals surface area contributed by atoms with Gasteiger partial charge in [-0.2, -0.15) is 0 Å². The van der Waals surface area contributed by atoms with Crippen LogP contribution in [0, 0.1) is 10.5 Å². The zero-order chi connectivity index (χ0) is 25.8. The van der Waals surface area contributed by atoms with E-state index in [1.165, 1.54) is 6.08 Å². The fraction of sp³-hybridized carbons (Fsp3) is 0.115. The maximum absolute atomic E-state index is 12.8. The zero-order valence-corrected chi connectivity index (χ0v) is 22.6. The topological polar surface area (TPSA) is 87.7 Å². The van der Waals surface area contributed by atoms with Crippen molar-refractivity contribution in [2.45, 2.75) is 13.5 Å². The van der Waals surface area contributed by atoms with Crippen molar-refractivity contribution in [3.63, 3.8) is 0 Å². The summed E-state index contributed by atoms with van der Waals surface area (Å²) in [6.45, 7) is 1.75. The number of nitrogens with zero attached hydrogens (tertiary/aromatic N) is 1. The fourth-order valence-corrected chi connectivity index (χ4v) is 4.46. The minimum Gasteiger partial charge on any atom is -0.486 e. The Kier molecular flexibility index (Phi) is 8.17. The lowest BCUT2D eigenvalue weighted by atomic mass is 10.1. The minimum absolute atomic E-state index is 0.00282. The van der Waals surface area contributed by atoms with Gasteiger partial charge in [-0.1, -0.05) is 47.5 Å². The van der Waals surface area contributed by atoms with Crippen molar-refractivity contribution in [2.75, 3.05) is 11.9 Å². The molecule has 0 bridgehead atoms. The minimum atomic E-state index is -0.694. The zero-order valence-electron chi connectivity index (χ0n) is 19.0. The summed E-state index contributed by atoms with van der Waals surface area (Å²) >= 11 is 15.0. The number of aryl methyl sites for hydroxylation is 1. The van der Waals surface area contributed by atoms with Crippen LogP contribution in [-0.4, -0.2) is 29.3 Å². The lowest BCUT2D eigenvalue weighted by Gasteiger charge is -2.12. The summed E-state index contributed by atoms with van der Waals surface area (Å²) in [4.78, 5) is 38.4. The predicted molar refractivity (Wildman–Crippen MR) is 148 cm³/mol. The summed E-state index contributed by atoms with van der Waals surface area (Å²) in [6, 6.07) is 17.5. The van der Waals surface area contributed by atoms with Crippen molar-refractivity contribution < 1.29 is 19.1 Å². The van der Waals surface area contributed by atoms with E-state index in [0.29, 0.717) is 17.0 Å². The number of hydrogen-bond donors (Lipinski definition) is 2. The van der Waals surface area contributed by atoms with E-state index in [0.717, 1.165) is 19.6 Å². The van der Waals surface area contributed by atoms with Crippen LogP contribution in [0.1, 0.15) is 16.7 Å². The van der Waals surface area contributed by atoms with Crippen LogP contribution in [0.5, 0.6) is 5.75 Å². The number of carbonyl (C=O) groups is 3. The van der Waals surface area contributed by atoms with Crippen molar-refractivity contribution in [3.05, 3.63) is 96.7 Å². The van der Waals surface area contributed by atoms with E-state index in [4.69, 9.17) is 27.9 Å². The Morgan fingerprint density at radius 3 is 2.44 bits per heavy atom. The normalized spacial score (nSPS) is 14.2. The molecule has 36 heavy (non-hydrogen) atoms. The maximum Gasteiger partial charge on any atom is 0.329 e. The number of hydrogen-bond acceptors (Lipinski definition) is 4. The molecule has 1 heterocycles. The number of amides is 4. The first-order valence-electron chi connectivity index (χ1n) is 10.8. The van der Waals surface area contributed by atoms with E-state index < -0.39 is 24.4 Å². The van der Waals surface area contributed by atoms with Gasteiger partial charge in [0, 0.05) is 9.26 Å². The molecule has 184 valence electrons. The van der Waals surface area contributed by atoms with Gasteiger partial charge in [-0.05, 0) is 88.7 Å². The first-order valence-corrected chi connectivity index (χ1v) is 12.6. The Morgan fingerprint density at radius 1 is 1.08 bits per heavy atom. The van der Waals surface area contributed by atoms with Gasteiger partial charge in [0.1, 0.15) is 18.8 Å². The molecule has 7 nitrogen and oxygen atoms in total. The summed E-state index contributed by atoms with van der Waals surface area (Å²) in [5.74, 6) is -0.813. The molecule has 0 atom stereocenters. The van der Waals surface area contributed by atoms with Gasteiger partial charge in [-0.3, -0.25) is 9.59 Å². The summed E-state index contributed by atoms with van der Waals surface area (Å²) in [6.07, 6.45) is 1.44. The molecule has 4 amide bonds. The third kappa shape index (κ3) is 6.37. The van der Waals surface area contributed by atoms with Crippen LogP contribution in [0.4, 0.5) is 10.5 Å². The lowest BCUT2D eigenvalue weighted by Crippen LogP contribution is -2.38. The van der Waals surface area contributed by atoms with Crippen molar-refractivity contribution in [3.8, 4) is 5.75 Å². The summed E-state index contributed by atoms with van der Waals surface area (Å²) in [5.41, 5.74) is 3.00. The van der Waals surface area contributed by atoms with E-state index in [1.807, 2.05) is 37.3 Å². The lowest BCUT2D eigenvalue weighted by molar-refractivity contribution is -0.127. The highest BCUT2D eigenvalue weighted by atomic mass is 127. The number of urea groups is 1. The quantitative estimate of drug-likeness (QED) is 0.189. The predicted octanol–water partition coefficient (Wildman–Crippen LogP) is 6.02. The third-order valence-corrected chi connectivity index (χ3v) is 6.47. The Hall–Kier alpha value is -3.08. The smallest absolute Gasteiger partial charge is 0.329 e. The van der Waals surface area contributed by atoms with E-state index >= 15 is 0 Å². The molecule has 2 N–H and O–H groups in total. The molecule has 3 aromatic rings. The van der Waals surface area contributed by atoms with Crippen molar-refractivity contribution >= 4 is 75.4 Å². The second-order valence-electron chi connectivity index (χ2n) is 8.03. The largest absolute Gasteiger partial charge is 0.486 e. The average molecular weight is 636 g/mol. The highest BCUT2D eigenvalue weighted by Crippen LogP contribution is 2.35. The molecule has 0 spiro atoms. The Balaban J connectivity index is 1.43. The molecule has 0 aromatic heterocycles. The van der Waals surface area contributed by atoms with Gasteiger partial charge >= 0.3 is 6.03 Å². The number of benzene rings is 3. The van der Waals surface area contributed by atoms with Gasteiger partial charge in [0.15, 0.2) is 5.75 Å². The molecule has 1 aliphatic heterocycles. The second kappa shape index (κ2) is 11.3. The molecule has 0 radical (unpaired) electrons. The Labute approximate surface area is 231 Å². The van der Waals surface area contributed by atoms with Crippen LogP contribution >= 0.6 is 45.8 Å². The highest BCUT2D eigenvalue weighted by Gasteiger charge is 2.35. The molecular formula is C26H20Cl2IN3O4. The maximum atomic E-state index is 12.8. The van der Waals surface area contributed by atoms with Crippen LogP contribution in [0.25, 0.3) is 6.08 Å². The number of anilines is 1. The summed E-state index contributed by atoms with van der Waals surface area (Å²) in [7, 11) is 0. The number of nitrogens with one attached hydrogen (secondary N) is 2. The van der Waals surface area contributed by atoms with Gasteiger partial charge < -0.3 is 15.4 Å². The van der Waals surface area contributed by atoms with Crippen LogP contribution in [-0.2, 0) is 16.2 Å². The van der Waals surface area contributed by atoms with E-state index in [-0.39, 0.29) is 22.3 Å². The Morgan fingerprint density at radius 2 is 1.78 bits per heavy atom. The van der Waals surface area contributed by atoms with Crippen LogP contribution in [0.3, 0.4) is 0 Å². The van der Waals surface area contributed by atoms with Gasteiger partial charge in [0.05, 0.1) is 10.0 Å². The fourth-order valence-electron chi connectivity index (χ4n) is 3.49. The first-order chi connectivity index (χ1) is 17.2. The van der Waals surface area contributed by atoms with Crippen LogP contribution in [0.15, 0.2) is 66.4 Å². The molecule has 1 saturated heterocycles. The second-order valence-corrected chi connectivity index (χ2v) is 10.1. The van der Waals surface area contributed by atoms with E-state index in [2.05, 4.69) is 33.2 Å². The number of halogens is 3. The van der Waals surface area contributed by atoms with Crippen molar-refractivity contribution in [1.82, 2.24) is 10.2 Å². The monoisotopic (exact) mass is 635 g/mol. The van der Waals surface area contributed by atoms with Gasteiger partial charge in [-0.15, -0.1) is 0 Å². The number of ether oxygens (including phenoxy) is 1. The molecular weight excluding hydrogens is 616 g/mol. The molecule has 3 aromatic carbocycles. The van der Waals surface area contributed by atoms with E-state index in [9.17, 15) is 14.4 Å². The van der Waals surface area contributed by atoms with Gasteiger partial charge in [-0.25, -0.2) is 9.69 Å². The van der Waals surface area contributed by atoms with Crippen LogP contribution in [0.2, 0.25) is 10.0 Å². The first kappa shape index (κ1) is 26.0. The number of carbonyl (C=O) groups excluding carboxylic acids is 3. The third-order valence-electron chi connectivity index (χ3n) is 5.19. The molecule has 1 fully saturated rings. The van der Waals surface area contributed by atoms with E-state index in [1.54, 1.807) is 30.3 Å². The van der Waals surface area contributed by atoms with Gasteiger partial charge in [0.2, 0.25) is 5.91 Å². The molecule has 0 saturated carbocycles. The van der Waals surface area contributed by atoms with Gasteiger partial charge in [0.25, 0.3) is 5.91 Å². The standard InChI is InChI=1S/C26H20Cl2IN3O4/c1-15-3-2-4-19(9-15)30-23(33)13-32-25(34)22(31-26(32)35)12-17-10-20(27)24(21(28)11-17)36-14-16-5-7-18(29)8-6-16/h2-12H,13-14H2,1H3,(H,30,33)(H,31,35)/b22-12+. The highest BCUT2D eigenvalue weighted by molar-refractivity contribution is 14.1. The molecule has 4 rings (SSSR count). The number of imide groups is 1. The number of rotatable bonds is 7.